The third-order valence-electron chi connectivity index (χ3n) is 3.87. The summed E-state index contributed by atoms with van der Waals surface area (Å²) in [5.74, 6) is 1.06. The highest BCUT2D eigenvalue weighted by atomic mass is 16.3. The summed E-state index contributed by atoms with van der Waals surface area (Å²) < 4.78 is 5.36. The van der Waals surface area contributed by atoms with E-state index in [1.54, 1.807) is 6.26 Å². The van der Waals surface area contributed by atoms with Crippen molar-refractivity contribution in [2.75, 3.05) is 0 Å². The predicted molar refractivity (Wildman–Crippen MR) is 50.5 cm³/mol. The third-order valence-corrected chi connectivity index (χ3v) is 3.87. The van der Waals surface area contributed by atoms with E-state index in [2.05, 4.69) is 6.07 Å². The zero-order valence-electron chi connectivity index (χ0n) is 7.97. The molecule has 0 atom stereocenters. The van der Waals surface area contributed by atoms with Crippen molar-refractivity contribution in [2.45, 2.75) is 43.6 Å². The largest absolute Gasteiger partial charge is 0.469 e. The van der Waals surface area contributed by atoms with E-state index in [-0.39, 0.29) is 5.54 Å². The molecule has 3 rings (SSSR count). The Labute approximate surface area is 78.1 Å². The molecule has 2 aliphatic carbocycles. The van der Waals surface area contributed by atoms with E-state index in [0.717, 1.165) is 5.76 Å². The number of rotatable bonds is 2. The van der Waals surface area contributed by atoms with Crippen LogP contribution in [0, 0.1) is 6.92 Å². The minimum atomic E-state index is 0.113. The second kappa shape index (κ2) is 2.01. The fourth-order valence-electron chi connectivity index (χ4n) is 2.66. The van der Waals surface area contributed by atoms with Crippen molar-refractivity contribution in [3.63, 3.8) is 0 Å². The van der Waals surface area contributed by atoms with Crippen LogP contribution in [0.15, 0.2) is 16.7 Å². The molecule has 2 saturated carbocycles. The lowest BCUT2D eigenvalue weighted by molar-refractivity contribution is 0.476. The first-order valence-corrected chi connectivity index (χ1v) is 5.01. The highest BCUT2D eigenvalue weighted by molar-refractivity contribution is 5.41. The molecule has 2 nitrogen and oxygen atoms in total. The van der Waals surface area contributed by atoms with Crippen LogP contribution < -0.4 is 5.73 Å². The van der Waals surface area contributed by atoms with E-state index in [0.29, 0.717) is 5.41 Å². The molecule has 0 saturated heterocycles. The molecule has 1 heterocycles. The molecule has 0 aliphatic heterocycles. The van der Waals surface area contributed by atoms with Crippen molar-refractivity contribution in [1.82, 2.24) is 0 Å². The summed E-state index contributed by atoms with van der Waals surface area (Å²) >= 11 is 0. The van der Waals surface area contributed by atoms with Gasteiger partial charge in [-0.3, -0.25) is 0 Å². The average molecular weight is 177 g/mol. The second-order valence-corrected chi connectivity index (χ2v) is 4.63. The van der Waals surface area contributed by atoms with Crippen LogP contribution in [0.5, 0.6) is 0 Å². The lowest BCUT2D eigenvalue weighted by Crippen LogP contribution is -2.37. The van der Waals surface area contributed by atoms with Gasteiger partial charge in [-0.05, 0) is 38.7 Å². The van der Waals surface area contributed by atoms with Gasteiger partial charge in [0.25, 0.3) is 0 Å². The Hall–Kier alpha value is -0.760. The van der Waals surface area contributed by atoms with Crippen molar-refractivity contribution in [2.24, 2.45) is 5.73 Å². The van der Waals surface area contributed by atoms with Gasteiger partial charge in [0.2, 0.25) is 0 Å². The van der Waals surface area contributed by atoms with Crippen LogP contribution in [-0.4, -0.2) is 5.54 Å². The van der Waals surface area contributed by atoms with Crippen LogP contribution >= 0.6 is 0 Å². The van der Waals surface area contributed by atoms with Crippen LogP contribution in [0.3, 0.4) is 0 Å². The summed E-state index contributed by atoms with van der Waals surface area (Å²) in [6.45, 7) is 2.04. The Balaban J connectivity index is 2.05. The van der Waals surface area contributed by atoms with Crippen molar-refractivity contribution in [3.8, 4) is 0 Å². The minimum Gasteiger partial charge on any atom is -0.469 e. The first-order chi connectivity index (χ1) is 6.18. The van der Waals surface area contributed by atoms with Gasteiger partial charge >= 0.3 is 0 Å². The van der Waals surface area contributed by atoms with E-state index in [9.17, 15) is 0 Å². The molecule has 0 aromatic carbocycles. The molecule has 0 radical (unpaired) electrons. The number of hydrogen-bond acceptors (Lipinski definition) is 2. The summed E-state index contributed by atoms with van der Waals surface area (Å²) in [5.41, 5.74) is 8.08. The maximum atomic E-state index is 6.31. The zero-order valence-corrected chi connectivity index (χ0v) is 7.97. The molecule has 0 bridgehead atoms. The van der Waals surface area contributed by atoms with Crippen LogP contribution in [0.2, 0.25) is 0 Å². The zero-order chi connectivity index (χ0) is 9.10. The van der Waals surface area contributed by atoms with E-state index in [1.807, 2.05) is 6.92 Å². The van der Waals surface area contributed by atoms with Crippen molar-refractivity contribution >= 4 is 0 Å². The summed E-state index contributed by atoms with van der Waals surface area (Å²) in [5, 5.41) is 0. The van der Waals surface area contributed by atoms with Crippen LogP contribution in [0.4, 0.5) is 0 Å². The quantitative estimate of drug-likeness (QED) is 0.751. The van der Waals surface area contributed by atoms with E-state index < -0.39 is 0 Å². The SMILES string of the molecule is Cc1occc1C1(C2(N)CC2)CC1. The monoisotopic (exact) mass is 177 g/mol. The summed E-state index contributed by atoms with van der Waals surface area (Å²) in [7, 11) is 0. The Bertz CT molecular complexity index is 345. The first kappa shape index (κ1) is 7.63. The Morgan fingerprint density at radius 3 is 2.38 bits per heavy atom. The Morgan fingerprint density at radius 2 is 2.00 bits per heavy atom. The third kappa shape index (κ3) is 0.819. The fourth-order valence-corrected chi connectivity index (χ4v) is 2.66. The van der Waals surface area contributed by atoms with Crippen molar-refractivity contribution in [3.05, 3.63) is 23.7 Å². The fraction of sp³-hybridized carbons (Fsp3) is 0.636. The molecular formula is C11H15NO. The molecule has 2 fully saturated rings. The lowest BCUT2D eigenvalue weighted by atomic mass is 9.86. The van der Waals surface area contributed by atoms with E-state index >= 15 is 0 Å². The Kier molecular flexibility index (Phi) is 1.18. The highest BCUT2D eigenvalue weighted by Gasteiger charge is 2.64. The van der Waals surface area contributed by atoms with Gasteiger partial charge in [0.1, 0.15) is 5.76 Å². The van der Waals surface area contributed by atoms with E-state index in [4.69, 9.17) is 10.2 Å². The smallest absolute Gasteiger partial charge is 0.104 e. The molecule has 0 unspecified atom stereocenters. The molecule has 0 spiro atoms. The number of furan rings is 1. The van der Waals surface area contributed by atoms with Gasteiger partial charge in [-0.2, -0.15) is 0 Å². The summed E-state index contributed by atoms with van der Waals surface area (Å²) in [6.07, 6.45) is 6.68. The van der Waals surface area contributed by atoms with Crippen LogP contribution in [-0.2, 0) is 5.41 Å². The summed E-state index contributed by atoms with van der Waals surface area (Å²) in [4.78, 5) is 0. The maximum Gasteiger partial charge on any atom is 0.104 e. The molecule has 1 aromatic heterocycles. The van der Waals surface area contributed by atoms with Gasteiger partial charge in [-0.1, -0.05) is 0 Å². The van der Waals surface area contributed by atoms with Gasteiger partial charge < -0.3 is 10.2 Å². The normalized spacial score (nSPS) is 27.2. The number of aryl methyl sites for hydroxylation is 1. The highest BCUT2D eigenvalue weighted by Crippen LogP contribution is 2.64. The van der Waals surface area contributed by atoms with Crippen molar-refractivity contribution < 1.29 is 4.42 Å². The number of nitrogens with two attached hydrogens (primary N) is 1. The molecule has 2 heteroatoms. The van der Waals surface area contributed by atoms with Crippen LogP contribution in [0.25, 0.3) is 0 Å². The molecule has 2 N–H and O–H groups in total. The van der Waals surface area contributed by atoms with Gasteiger partial charge in [-0.15, -0.1) is 0 Å². The summed E-state index contributed by atoms with van der Waals surface area (Å²) in [6, 6.07) is 2.11. The molecule has 13 heavy (non-hydrogen) atoms. The maximum absolute atomic E-state index is 6.31. The minimum absolute atomic E-state index is 0.113. The molecule has 1 aromatic rings. The second-order valence-electron chi connectivity index (χ2n) is 4.63. The molecule has 2 aliphatic rings. The van der Waals surface area contributed by atoms with Crippen molar-refractivity contribution in [1.29, 1.82) is 0 Å². The number of hydrogen-bond donors (Lipinski definition) is 1. The van der Waals surface area contributed by atoms with Gasteiger partial charge in [-0.25, -0.2) is 0 Å². The van der Waals surface area contributed by atoms with Crippen LogP contribution in [0.1, 0.15) is 37.0 Å². The standard InChI is InChI=1S/C11H15NO/c1-8-9(2-7-13-8)10(3-4-10)11(12)5-6-11/h2,7H,3-6,12H2,1H3. The average Bonchev–Trinajstić information content (AvgIpc) is 2.98. The predicted octanol–water partition coefficient (Wildman–Crippen LogP) is 2.11. The topological polar surface area (TPSA) is 39.2 Å². The van der Waals surface area contributed by atoms with Gasteiger partial charge in [0, 0.05) is 16.5 Å². The van der Waals surface area contributed by atoms with Gasteiger partial charge in [0.05, 0.1) is 6.26 Å². The first-order valence-electron chi connectivity index (χ1n) is 5.01. The lowest BCUT2D eigenvalue weighted by Gasteiger charge is -2.22. The van der Waals surface area contributed by atoms with E-state index in [1.165, 1.54) is 31.2 Å². The Morgan fingerprint density at radius 1 is 1.31 bits per heavy atom. The molecule has 0 amide bonds. The molecular weight excluding hydrogens is 162 g/mol. The molecule has 70 valence electrons. The van der Waals surface area contributed by atoms with Gasteiger partial charge in [0.15, 0.2) is 0 Å².